The highest BCUT2D eigenvalue weighted by Crippen LogP contribution is 2.29. The van der Waals surface area contributed by atoms with Crippen LogP contribution in [-0.2, 0) is 14.8 Å². The summed E-state index contributed by atoms with van der Waals surface area (Å²) in [5.74, 6) is -4.14. The largest absolute Gasteiger partial charge is 0.481 e. The van der Waals surface area contributed by atoms with E-state index in [1.54, 1.807) is 6.92 Å². The molecule has 1 fully saturated rings. The smallest absolute Gasteiger partial charge is 0.387 e. The Hall–Kier alpha value is -1.81. The van der Waals surface area contributed by atoms with Gasteiger partial charge in [0, 0.05) is 13.1 Å². The van der Waals surface area contributed by atoms with Gasteiger partial charge in [0.05, 0.1) is 10.8 Å². The first-order valence-electron chi connectivity index (χ1n) is 7.08. The number of piperidine rings is 1. The summed E-state index contributed by atoms with van der Waals surface area (Å²) in [5, 5.41) is 9.11. The Kier molecular flexibility index (Phi) is 5.38. The number of rotatable bonds is 5. The Morgan fingerprint density at radius 3 is 2.58 bits per heavy atom. The second kappa shape index (κ2) is 6.98. The second-order valence-corrected chi connectivity index (χ2v) is 7.61. The second-order valence-electron chi connectivity index (χ2n) is 5.67. The van der Waals surface area contributed by atoms with Crippen molar-refractivity contribution < 1.29 is 36.2 Å². The van der Waals surface area contributed by atoms with Crippen molar-refractivity contribution in [1.29, 1.82) is 0 Å². The molecule has 6 nitrogen and oxygen atoms in total. The zero-order valence-corrected chi connectivity index (χ0v) is 13.5. The quantitative estimate of drug-likeness (QED) is 0.862. The highest BCUT2D eigenvalue weighted by molar-refractivity contribution is 7.89. The molecule has 2 atom stereocenters. The fourth-order valence-corrected chi connectivity index (χ4v) is 4.28. The average molecular weight is 367 g/mol. The van der Waals surface area contributed by atoms with Crippen molar-refractivity contribution in [3.8, 4) is 5.75 Å². The van der Waals surface area contributed by atoms with E-state index in [2.05, 4.69) is 4.74 Å². The zero-order chi connectivity index (χ0) is 18.1. The number of hydrogen-bond acceptors (Lipinski definition) is 4. The van der Waals surface area contributed by atoms with Crippen LogP contribution in [0.2, 0.25) is 0 Å². The molecule has 134 valence electrons. The predicted molar refractivity (Wildman–Crippen MR) is 76.7 cm³/mol. The SMILES string of the molecule is CC1CC(C(=O)O)CN(S(=O)(=O)c2ccc(OC(F)F)c(F)c2)C1. The van der Waals surface area contributed by atoms with Crippen molar-refractivity contribution in [3.05, 3.63) is 24.0 Å². The van der Waals surface area contributed by atoms with Crippen LogP contribution < -0.4 is 4.74 Å². The van der Waals surface area contributed by atoms with Crippen molar-refractivity contribution in [2.75, 3.05) is 13.1 Å². The van der Waals surface area contributed by atoms with Crippen molar-refractivity contribution in [3.63, 3.8) is 0 Å². The molecule has 0 aromatic heterocycles. The maximum atomic E-state index is 13.8. The predicted octanol–water partition coefficient (Wildman–Crippen LogP) is 2.16. The van der Waals surface area contributed by atoms with Gasteiger partial charge in [-0.25, -0.2) is 12.8 Å². The van der Waals surface area contributed by atoms with Gasteiger partial charge in [-0.2, -0.15) is 13.1 Å². The van der Waals surface area contributed by atoms with Gasteiger partial charge in [-0.15, -0.1) is 0 Å². The van der Waals surface area contributed by atoms with Crippen LogP contribution in [0.4, 0.5) is 13.2 Å². The van der Waals surface area contributed by atoms with E-state index in [4.69, 9.17) is 5.11 Å². The van der Waals surface area contributed by atoms with E-state index < -0.39 is 45.0 Å². The summed E-state index contributed by atoms with van der Waals surface area (Å²) in [5.41, 5.74) is 0. The van der Waals surface area contributed by atoms with Crippen LogP contribution in [0.3, 0.4) is 0 Å². The molecule has 1 heterocycles. The molecular formula is C14H16F3NO5S. The number of alkyl halides is 2. The summed E-state index contributed by atoms with van der Waals surface area (Å²) >= 11 is 0. The Bertz CT molecular complexity index is 725. The van der Waals surface area contributed by atoms with Crippen LogP contribution in [0.25, 0.3) is 0 Å². The van der Waals surface area contributed by atoms with Crippen molar-refractivity contribution in [2.24, 2.45) is 11.8 Å². The van der Waals surface area contributed by atoms with E-state index in [0.717, 1.165) is 16.4 Å². The molecule has 0 bridgehead atoms. The normalized spacial score (nSPS) is 22.5. The maximum absolute atomic E-state index is 13.8. The molecule has 2 rings (SSSR count). The fraction of sp³-hybridized carbons (Fsp3) is 0.500. The van der Waals surface area contributed by atoms with Gasteiger partial charge in [-0.05, 0) is 30.5 Å². The van der Waals surface area contributed by atoms with Crippen LogP contribution >= 0.6 is 0 Å². The summed E-state index contributed by atoms with van der Waals surface area (Å²) in [4.78, 5) is 10.7. The number of hydrogen-bond donors (Lipinski definition) is 1. The lowest BCUT2D eigenvalue weighted by Gasteiger charge is -2.33. The molecular weight excluding hydrogens is 351 g/mol. The van der Waals surface area contributed by atoms with Gasteiger partial charge in [0.25, 0.3) is 0 Å². The van der Waals surface area contributed by atoms with Gasteiger partial charge in [-0.1, -0.05) is 6.92 Å². The third kappa shape index (κ3) is 3.99. The molecule has 1 aromatic rings. The maximum Gasteiger partial charge on any atom is 0.387 e. The minimum atomic E-state index is -4.14. The molecule has 10 heteroatoms. The lowest BCUT2D eigenvalue weighted by Crippen LogP contribution is -2.45. The van der Waals surface area contributed by atoms with Gasteiger partial charge < -0.3 is 9.84 Å². The average Bonchev–Trinajstić information content (AvgIpc) is 2.48. The molecule has 1 aromatic carbocycles. The molecule has 24 heavy (non-hydrogen) atoms. The molecule has 0 amide bonds. The highest BCUT2D eigenvalue weighted by Gasteiger charge is 2.36. The number of nitrogens with zero attached hydrogens (tertiary/aromatic N) is 1. The third-order valence-corrected chi connectivity index (χ3v) is 5.56. The third-order valence-electron chi connectivity index (χ3n) is 3.73. The van der Waals surface area contributed by atoms with Gasteiger partial charge in [0.1, 0.15) is 0 Å². The number of sulfonamides is 1. The van der Waals surface area contributed by atoms with E-state index >= 15 is 0 Å². The van der Waals surface area contributed by atoms with Gasteiger partial charge in [0.2, 0.25) is 10.0 Å². The summed E-state index contributed by atoms with van der Waals surface area (Å²) in [7, 11) is -4.14. The standard InChI is InChI=1S/C14H16F3NO5S/c1-8-4-9(13(19)20)7-18(6-8)24(21,22)10-2-3-12(11(15)5-10)23-14(16)17/h2-3,5,8-9,14H,4,6-7H2,1H3,(H,19,20). The van der Waals surface area contributed by atoms with Crippen LogP contribution in [0.15, 0.2) is 23.1 Å². The number of halogens is 3. The fourth-order valence-electron chi connectivity index (χ4n) is 2.66. The van der Waals surface area contributed by atoms with E-state index in [1.807, 2.05) is 0 Å². The minimum absolute atomic E-state index is 0.100. The van der Waals surface area contributed by atoms with Crippen LogP contribution in [0.5, 0.6) is 5.75 Å². The Labute approximate surface area is 136 Å². The van der Waals surface area contributed by atoms with Gasteiger partial charge in [0.15, 0.2) is 11.6 Å². The zero-order valence-electron chi connectivity index (χ0n) is 12.7. The van der Waals surface area contributed by atoms with E-state index in [1.165, 1.54) is 0 Å². The molecule has 1 aliphatic rings. The molecule has 0 spiro atoms. The monoisotopic (exact) mass is 367 g/mol. The number of carboxylic acids is 1. The van der Waals surface area contributed by atoms with E-state index in [9.17, 15) is 26.4 Å². The summed E-state index contributed by atoms with van der Waals surface area (Å²) in [6.45, 7) is -1.64. The highest BCUT2D eigenvalue weighted by atomic mass is 32.2. The molecule has 2 unspecified atom stereocenters. The number of aliphatic carboxylic acids is 1. The number of carboxylic acid groups (broad SMARTS) is 1. The van der Waals surface area contributed by atoms with E-state index in [0.29, 0.717) is 12.5 Å². The molecule has 0 radical (unpaired) electrons. The minimum Gasteiger partial charge on any atom is -0.481 e. The molecule has 1 N–H and O–H groups in total. The molecule has 0 aliphatic carbocycles. The molecule has 1 aliphatic heterocycles. The van der Waals surface area contributed by atoms with Gasteiger partial charge >= 0.3 is 12.6 Å². The number of ether oxygens (including phenoxy) is 1. The number of benzene rings is 1. The first-order valence-corrected chi connectivity index (χ1v) is 8.52. The number of carbonyl (C=O) groups is 1. The Morgan fingerprint density at radius 1 is 1.38 bits per heavy atom. The van der Waals surface area contributed by atoms with E-state index in [-0.39, 0.29) is 19.0 Å². The van der Waals surface area contributed by atoms with Gasteiger partial charge in [-0.3, -0.25) is 4.79 Å². The van der Waals surface area contributed by atoms with Crippen molar-refractivity contribution in [1.82, 2.24) is 4.31 Å². The lowest BCUT2D eigenvalue weighted by atomic mass is 9.92. The van der Waals surface area contributed by atoms with Crippen molar-refractivity contribution >= 4 is 16.0 Å². The molecule has 1 saturated heterocycles. The Balaban J connectivity index is 2.29. The first kappa shape index (κ1) is 18.5. The van der Waals surface area contributed by atoms with Crippen LogP contribution in [0, 0.1) is 17.7 Å². The molecule has 0 saturated carbocycles. The van der Waals surface area contributed by atoms with Crippen molar-refractivity contribution in [2.45, 2.75) is 24.9 Å². The van der Waals surface area contributed by atoms with Crippen LogP contribution in [-0.4, -0.2) is 43.5 Å². The topological polar surface area (TPSA) is 83.9 Å². The summed E-state index contributed by atoms with van der Waals surface area (Å²) in [6, 6.07) is 2.34. The summed E-state index contributed by atoms with van der Waals surface area (Å²) in [6.07, 6.45) is 0.344. The Morgan fingerprint density at radius 2 is 2.04 bits per heavy atom. The lowest BCUT2D eigenvalue weighted by molar-refractivity contribution is -0.143. The summed E-state index contributed by atoms with van der Waals surface area (Å²) < 4.78 is 68.0. The van der Waals surface area contributed by atoms with Crippen LogP contribution in [0.1, 0.15) is 13.3 Å². The first-order chi connectivity index (χ1) is 11.1.